The van der Waals surface area contributed by atoms with Crippen molar-refractivity contribution in [1.29, 1.82) is 0 Å². The SMILES string of the molecule is C=CC(=O)N[C@@H](Cc1ccc(-c2cc(Cl)cc(Cl)c2)cc1)[C@H](O)[C@@H](O)C(=O)OCC. The van der Waals surface area contributed by atoms with Gasteiger partial charge in [-0.2, -0.15) is 0 Å². The number of aliphatic hydroxyl groups excluding tert-OH is 2. The Labute approximate surface area is 185 Å². The lowest BCUT2D eigenvalue weighted by molar-refractivity contribution is -0.160. The second-order valence-corrected chi connectivity index (χ2v) is 7.44. The van der Waals surface area contributed by atoms with Crippen molar-refractivity contribution >= 4 is 35.1 Å². The number of hydrogen-bond donors (Lipinski definition) is 3. The van der Waals surface area contributed by atoms with Crippen LogP contribution in [0.15, 0.2) is 55.1 Å². The fourth-order valence-electron chi connectivity index (χ4n) is 2.89. The van der Waals surface area contributed by atoms with E-state index in [0.717, 1.165) is 22.8 Å². The van der Waals surface area contributed by atoms with Crippen molar-refractivity contribution in [1.82, 2.24) is 5.32 Å². The summed E-state index contributed by atoms with van der Waals surface area (Å²) in [4.78, 5) is 23.5. The molecular weight excluding hydrogens is 429 g/mol. The summed E-state index contributed by atoms with van der Waals surface area (Å²) in [6, 6.07) is 11.6. The van der Waals surface area contributed by atoms with Crippen LogP contribution in [0.25, 0.3) is 11.1 Å². The molecule has 0 aliphatic carbocycles. The second kappa shape index (κ2) is 11.1. The standard InChI is InChI=1S/C22H23Cl2NO5/c1-3-19(26)25-18(20(27)21(28)22(29)30-4-2)9-13-5-7-14(8-6-13)15-10-16(23)12-17(24)11-15/h3,5-8,10-12,18,20-21,27-28H,1,4,9H2,2H3,(H,25,26)/t18-,20-,21+/m0/s1. The molecular formula is C22H23Cl2NO5. The molecule has 0 saturated carbocycles. The largest absolute Gasteiger partial charge is 0.464 e. The van der Waals surface area contributed by atoms with E-state index in [9.17, 15) is 19.8 Å². The van der Waals surface area contributed by atoms with Gasteiger partial charge in [-0.25, -0.2) is 4.79 Å². The molecule has 1 amide bonds. The van der Waals surface area contributed by atoms with Gasteiger partial charge in [0.25, 0.3) is 0 Å². The van der Waals surface area contributed by atoms with Gasteiger partial charge in [0, 0.05) is 10.0 Å². The van der Waals surface area contributed by atoms with Crippen LogP contribution in [0.5, 0.6) is 0 Å². The zero-order valence-electron chi connectivity index (χ0n) is 16.3. The van der Waals surface area contributed by atoms with Gasteiger partial charge >= 0.3 is 5.97 Å². The summed E-state index contributed by atoms with van der Waals surface area (Å²) >= 11 is 12.1. The van der Waals surface area contributed by atoms with Crippen LogP contribution in [0, 0.1) is 0 Å². The number of hydrogen-bond acceptors (Lipinski definition) is 5. The van der Waals surface area contributed by atoms with Gasteiger partial charge in [0.15, 0.2) is 6.10 Å². The van der Waals surface area contributed by atoms with Gasteiger partial charge < -0.3 is 20.3 Å². The first-order chi connectivity index (χ1) is 14.2. The predicted octanol–water partition coefficient (Wildman–Crippen LogP) is 3.16. The van der Waals surface area contributed by atoms with E-state index in [0.29, 0.717) is 10.0 Å². The number of aliphatic hydroxyl groups is 2. The fraction of sp³-hybridized carbons (Fsp3) is 0.273. The summed E-state index contributed by atoms with van der Waals surface area (Å²) in [6.45, 7) is 5.02. The molecule has 0 saturated heterocycles. The molecule has 30 heavy (non-hydrogen) atoms. The maximum atomic E-state index is 11.8. The van der Waals surface area contributed by atoms with E-state index < -0.39 is 30.1 Å². The maximum Gasteiger partial charge on any atom is 0.337 e. The normalized spacial score (nSPS) is 13.8. The van der Waals surface area contributed by atoms with Gasteiger partial charge in [-0.1, -0.05) is 54.0 Å². The van der Waals surface area contributed by atoms with E-state index >= 15 is 0 Å². The Hall–Kier alpha value is -2.38. The van der Waals surface area contributed by atoms with Crippen molar-refractivity contribution < 1.29 is 24.5 Å². The zero-order valence-corrected chi connectivity index (χ0v) is 17.9. The van der Waals surface area contributed by atoms with Crippen molar-refractivity contribution in [2.24, 2.45) is 0 Å². The van der Waals surface area contributed by atoms with Crippen LogP contribution < -0.4 is 5.32 Å². The highest BCUT2D eigenvalue weighted by atomic mass is 35.5. The lowest BCUT2D eigenvalue weighted by Crippen LogP contribution is -2.52. The van der Waals surface area contributed by atoms with Crippen LogP contribution in [0.1, 0.15) is 12.5 Å². The average molecular weight is 452 g/mol. The number of ether oxygens (including phenoxy) is 1. The summed E-state index contributed by atoms with van der Waals surface area (Å²) in [6.07, 6.45) is -2.16. The highest BCUT2D eigenvalue weighted by Crippen LogP contribution is 2.27. The lowest BCUT2D eigenvalue weighted by Gasteiger charge is -2.26. The van der Waals surface area contributed by atoms with Crippen LogP contribution in [-0.4, -0.2) is 46.9 Å². The van der Waals surface area contributed by atoms with Crippen LogP contribution in [-0.2, 0) is 20.7 Å². The van der Waals surface area contributed by atoms with Gasteiger partial charge in [-0.05, 0) is 54.3 Å². The zero-order chi connectivity index (χ0) is 22.3. The highest BCUT2D eigenvalue weighted by molar-refractivity contribution is 6.35. The molecule has 2 aromatic rings. The molecule has 2 rings (SSSR count). The molecule has 6 nitrogen and oxygen atoms in total. The van der Waals surface area contributed by atoms with E-state index in [1.807, 2.05) is 12.1 Å². The van der Waals surface area contributed by atoms with Crippen molar-refractivity contribution in [3.63, 3.8) is 0 Å². The van der Waals surface area contributed by atoms with Crippen molar-refractivity contribution in [2.75, 3.05) is 6.61 Å². The second-order valence-electron chi connectivity index (χ2n) is 6.57. The third-order valence-electron chi connectivity index (χ3n) is 4.38. The summed E-state index contributed by atoms with van der Waals surface area (Å²) in [7, 11) is 0. The molecule has 0 aliphatic heterocycles. The lowest BCUT2D eigenvalue weighted by atomic mass is 9.96. The van der Waals surface area contributed by atoms with Crippen LogP contribution >= 0.6 is 23.2 Å². The molecule has 0 fully saturated rings. The highest BCUT2D eigenvalue weighted by Gasteiger charge is 2.33. The molecule has 160 valence electrons. The number of halogens is 2. The quantitative estimate of drug-likeness (QED) is 0.401. The molecule has 0 unspecified atom stereocenters. The molecule has 0 aliphatic rings. The molecule has 0 radical (unpaired) electrons. The van der Waals surface area contributed by atoms with E-state index in [-0.39, 0.29) is 13.0 Å². The summed E-state index contributed by atoms with van der Waals surface area (Å²) in [5.41, 5.74) is 2.48. The van der Waals surface area contributed by atoms with Gasteiger partial charge in [-0.3, -0.25) is 4.79 Å². The van der Waals surface area contributed by atoms with Crippen LogP contribution in [0.2, 0.25) is 10.0 Å². The minimum Gasteiger partial charge on any atom is -0.464 e. The first-order valence-corrected chi connectivity index (χ1v) is 10.0. The Bertz CT molecular complexity index is 881. The molecule has 0 heterocycles. The van der Waals surface area contributed by atoms with Crippen LogP contribution in [0.3, 0.4) is 0 Å². The molecule has 0 spiro atoms. The maximum absolute atomic E-state index is 11.8. The predicted molar refractivity (Wildman–Crippen MR) is 116 cm³/mol. The number of amides is 1. The monoisotopic (exact) mass is 451 g/mol. The minimum atomic E-state index is -1.80. The Balaban J connectivity index is 2.21. The van der Waals surface area contributed by atoms with Gasteiger partial charge in [0.2, 0.25) is 5.91 Å². The number of esters is 1. The molecule has 8 heteroatoms. The Morgan fingerprint density at radius 3 is 2.23 bits per heavy atom. The van der Waals surface area contributed by atoms with Crippen LogP contribution in [0.4, 0.5) is 0 Å². The van der Waals surface area contributed by atoms with E-state index in [2.05, 4.69) is 11.9 Å². The fourth-order valence-corrected chi connectivity index (χ4v) is 3.42. The topological polar surface area (TPSA) is 95.9 Å². The third-order valence-corrected chi connectivity index (χ3v) is 4.82. The summed E-state index contributed by atoms with van der Waals surface area (Å²) in [5, 5.41) is 24.1. The molecule has 0 bridgehead atoms. The number of carbonyl (C=O) groups excluding carboxylic acids is 2. The summed E-state index contributed by atoms with van der Waals surface area (Å²) < 4.78 is 4.74. The van der Waals surface area contributed by atoms with Gasteiger partial charge in [-0.15, -0.1) is 0 Å². The smallest absolute Gasteiger partial charge is 0.337 e. The van der Waals surface area contributed by atoms with Crippen molar-refractivity contribution in [3.8, 4) is 11.1 Å². The minimum absolute atomic E-state index is 0.0568. The third kappa shape index (κ3) is 6.57. The van der Waals surface area contributed by atoms with E-state index in [4.69, 9.17) is 27.9 Å². The first kappa shape index (κ1) is 23.9. The molecule has 0 aromatic heterocycles. The number of nitrogens with one attached hydrogen (secondary N) is 1. The number of carbonyl (C=O) groups is 2. The first-order valence-electron chi connectivity index (χ1n) is 9.26. The Kier molecular flexibility index (Phi) is 8.87. The van der Waals surface area contributed by atoms with E-state index in [1.165, 1.54) is 0 Å². The Morgan fingerprint density at radius 1 is 1.10 bits per heavy atom. The molecule has 2 aromatic carbocycles. The van der Waals surface area contributed by atoms with E-state index in [1.54, 1.807) is 37.3 Å². The van der Waals surface area contributed by atoms with Gasteiger partial charge in [0.1, 0.15) is 6.10 Å². The number of benzene rings is 2. The Morgan fingerprint density at radius 2 is 1.70 bits per heavy atom. The van der Waals surface area contributed by atoms with Gasteiger partial charge in [0.05, 0.1) is 12.6 Å². The summed E-state index contributed by atoms with van der Waals surface area (Å²) in [5.74, 6) is -1.50. The van der Waals surface area contributed by atoms with Crippen molar-refractivity contribution in [3.05, 3.63) is 70.7 Å². The van der Waals surface area contributed by atoms with Crippen molar-refractivity contribution in [2.45, 2.75) is 31.6 Å². The average Bonchev–Trinajstić information content (AvgIpc) is 2.72. The molecule has 3 atom stereocenters. The number of rotatable bonds is 9. The molecule has 3 N–H and O–H groups in total.